The van der Waals surface area contributed by atoms with Gasteiger partial charge in [0.1, 0.15) is 0 Å². The van der Waals surface area contributed by atoms with Crippen LogP contribution in [-0.2, 0) is 4.79 Å². The Labute approximate surface area is 83.3 Å². The average Bonchev–Trinajstić information content (AvgIpc) is 2.06. The first-order valence-corrected chi connectivity index (χ1v) is 5.31. The molecule has 2 nitrogen and oxygen atoms in total. The summed E-state index contributed by atoms with van der Waals surface area (Å²) in [6.07, 6.45) is 4.82. The van der Waals surface area contributed by atoms with E-state index in [0.29, 0.717) is 0 Å². The standard InChI is InChI=1S/C8H17NO.C3H8/c1-4-5-6-7-9(3)8(2)10;1-3-2/h4-7H2,1-3H3;3H2,1-2H3. The average molecular weight is 187 g/mol. The quantitative estimate of drug-likeness (QED) is 0.619. The molecule has 0 N–H and O–H groups in total. The van der Waals surface area contributed by atoms with E-state index in [2.05, 4.69) is 20.8 Å². The van der Waals surface area contributed by atoms with Gasteiger partial charge in [0.25, 0.3) is 0 Å². The van der Waals surface area contributed by atoms with E-state index in [0.717, 1.165) is 13.0 Å². The normalized spacial score (nSPS) is 8.69. The van der Waals surface area contributed by atoms with Gasteiger partial charge in [-0.05, 0) is 6.42 Å². The maximum atomic E-state index is 10.7. The first-order chi connectivity index (χ1) is 6.09. The molecular formula is C11H25NO. The fourth-order valence-electron chi connectivity index (χ4n) is 0.756. The Hall–Kier alpha value is -0.530. The highest BCUT2D eigenvalue weighted by Crippen LogP contribution is 1.95. The summed E-state index contributed by atoms with van der Waals surface area (Å²) in [6, 6.07) is 0. The van der Waals surface area contributed by atoms with Crippen LogP contribution in [0.25, 0.3) is 0 Å². The molecule has 0 atom stereocenters. The van der Waals surface area contributed by atoms with Crippen LogP contribution < -0.4 is 0 Å². The SMILES string of the molecule is CCC.CCCCCN(C)C(C)=O. The Morgan fingerprint density at radius 3 is 1.92 bits per heavy atom. The number of hydrogen-bond donors (Lipinski definition) is 0. The highest BCUT2D eigenvalue weighted by molar-refractivity contribution is 5.72. The molecule has 0 bridgehead atoms. The summed E-state index contributed by atoms with van der Waals surface area (Å²) < 4.78 is 0. The van der Waals surface area contributed by atoms with Gasteiger partial charge in [-0.2, -0.15) is 0 Å². The lowest BCUT2D eigenvalue weighted by Gasteiger charge is -2.13. The van der Waals surface area contributed by atoms with E-state index in [9.17, 15) is 4.79 Å². The molecule has 0 saturated heterocycles. The summed E-state index contributed by atoms with van der Waals surface area (Å²) in [6.45, 7) is 8.92. The molecule has 0 unspecified atom stereocenters. The molecule has 13 heavy (non-hydrogen) atoms. The van der Waals surface area contributed by atoms with Crippen molar-refractivity contribution in [1.29, 1.82) is 0 Å². The van der Waals surface area contributed by atoms with Crippen LogP contribution in [0.15, 0.2) is 0 Å². The molecular weight excluding hydrogens is 162 g/mol. The summed E-state index contributed by atoms with van der Waals surface area (Å²) in [7, 11) is 1.85. The maximum Gasteiger partial charge on any atom is 0.219 e. The van der Waals surface area contributed by atoms with E-state index in [1.807, 2.05) is 7.05 Å². The number of nitrogens with zero attached hydrogens (tertiary/aromatic N) is 1. The van der Waals surface area contributed by atoms with Gasteiger partial charge in [-0.25, -0.2) is 0 Å². The zero-order chi connectivity index (χ0) is 10.7. The Bertz CT molecular complexity index is 113. The van der Waals surface area contributed by atoms with Gasteiger partial charge < -0.3 is 4.90 Å². The number of unbranched alkanes of at least 4 members (excludes halogenated alkanes) is 2. The van der Waals surface area contributed by atoms with Crippen molar-refractivity contribution >= 4 is 5.91 Å². The Morgan fingerprint density at radius 2 is 1.62 bits per heavy atom. The summed E-state index contributed by atoms with van der Waals surface area (Å²) >= 11 is 0. The minimum absolute atomic E-state index is 0.163. The van der Waals surface area contributed by atoms with E-state index in [-0.39, 0.29) is 5.91 Å². The first kappa shape index (κ1) is 15.0. The lowest BCUT2D eigenvalue weighted by molar-refractivity contribution is -0.127. The van der Waals surface area contributed by atoms with Crippen molar-refractivity contribution in [2.24, 2.45) is 0 Å². The smallest absolute Gasteiger partial charge is 0.219 e. The van der Waals surface area contributed by atoms with Gasteiger partial charge in [-0.1, -0.05) is 40.0 Å². The first-order valence-electron chi connectivity index (χ1n) is 5.31. The second kappa shape index (κ2) is 11.5. The van der Waals surface area contributed by atoms with E-state index < -0.39 is 0 Å². The zero-order valence-electron chi connectivity index (χ0n) is 9.89. The van der Waals surface area contributed by atoms with Crippen LogP contribution in [0.5, 0.6) is 0 Å². The molecule has 0 saturated carbocycles. The van der Waals surface area contributed by atoms with E-state index in [4.69, 9.17) is 0 Å². The van der Waals surface area contributed by atoms with Crippen molar-refractivity contribution in [3.8, 4) is 0 Å². The highest BCUT2D eigenvalue weighted by atomic mass is 16.2. The van der Waals surface area contributed by atoms with Crippen LogP contribution in [-0.4, -0.2) is 24.4 Å². The molecule has 2 heteroatoms. The number of amides is 1. The number of carbonyl (C=O) groups is 1. The molecule has 0 rings (SSSR count). The van der Waals surface area contributed by atoms with Crippen LogP contribution in [0.1, 0.15) is 53.4 Å². The predicted octanol–water partition coefficient (Wildman–Crippen LogP) is 3.07. The van der Waals surface area contributed by atoms with Crippen molar-refractivity contribution in [3.63, 3.8) is 0 Å². The fourth-order valence-corrected chi connectivity index (χ4v) is 0.756. The molecule has 0 aromatic heterocycles. The third kappa shape index (κ3) is 14.3. The third-order valence-corrected chi connectivity index (χ3v) is 1.63. The largest absolute Gasteiger partial charge is 0.346 e. The highest BCUT2D eigenvalue weighted by Gasteiger charge is 1.98. The van der Waals surface area contributed by atoms with E-state index in [1.165, 1.54) is 19.3 Å². The predicted molar refractivity (Wildman–Crippen MR) is 58.8 cm³/mol. The summed E-state index contributed by atoms with van der Waals surface area (Å²) in [4.78, 5) is 12.4. The van der Waals surface area contributed by atoms with E-state index >= 15 is 0 Å². The second-order valence-electron chi connectivity index (χ2n) is 3.35. The molecule has 80 valence electrons. The van der Waals surface area contributed by atoms with Crippen LogP contribution in [0.3, 0.4) is 0 Å². The molecule has 0 aliphatic carbocycles. The van der Waals surface area contributed by atoms with Crippen molar-refractivity contribution in [2.75, 3.05) is 13.6 Å². The van der Waals surface area contributed by atoms with Crippen molar-refractivity contribution in [3.05, 3.63) is 0 Å². The Balaban J connectivity index is 0. The maximum absolute atomic E-state index is 10.7. The van der Waals surface area contributed by atoms with Gasteiger partial charge in [-0.3, -0.25) is 4.79 Å². The molecule has 0 heterocycles. The van der Waals surface area contributed by atoms with Gasteiger partial charge >= 0.3 is 0 Å². The molecule has 0 fully saturated rings. The molecule has 0 spiro atoms. The van der Waals surface area contributed by atoms with Gasteiger partial charge in [-0.15, -0.1) is 0 Å². The van der Waals surface area contributed by atoms with Crippen LogP contribution in [0.2, 0.25) is 0 Å². The van der Waals surface area contributed by atoms with Crippen LogP contribution >= 0.6 is 0 Å². The van der Waals surface area contributed by atoms with Crippen LogP contribution in [0.4, 0.5) is 0 Å². The molecule has 0 aromatic carbocycles. The van der Waals surface area contributed by atoms with Gasteiger partial charge in [0.05, 0.1) is 0 Å². The second-order valence-corrected chi connectivity index (χ2v) is 3.35. The summed E-state index contributed by atoms with van der Waals surface area (Å²) in [5.74, 6) is 0.163. The number of carbonyl (C=O) groups excluding carboxylic acids is 1. The number of rotatable bonds is 4. The van der Waals surface area contributed by atoms with Crippen molar-refractivity contribution in [1.82, 2.24) is 4.90 Å². The van der Waals surface area contributed by atoms with Crippen molar-refractivity contribution in [2.45, 2.75) is 53.4 Å². The molecule has 0 aliphatic heterocycles. The summed E-state index contributed by atoms with van der Waals surface area (Å²) in [5.41, 5.74) is 0. The Morgan fingerprint density at radius 1 is 1.15 bits per heavy atom. The zero-order valence-corrected chi connectivity index (χ0v) is 9.89. The fraction of sp³-hybridized carbons (Fsp3) is 0.909. The summed E-state index contributed by atoms with van der Waals surface area (Å²) in [5, 5.41) is 0. The lowest BCUT2D eigenvalue weighted by Crippen LogP contribution is -2.24. The van der Waals surface area contributed by atoms with Crippen LogP contribution in [0, 0.1) is 0 Å². The monoisotopic (exact) mass is 187 g/mol. The van der Waals surface area contributed by atoms with Gasteiger partial charge in [0, 0.05) is 20.5 Å². The molecule has 0 radical (unpaired) electrons. The topological polar surface area (TPSA) is 20.3 Å². The lowest BCUT2D eigenvalue weighted by atomic mass is 10.2. The van der Waals surface area contributed by atoms with Gasteiger partial charge in [0.2, 0.25) is 5.91 Å². The number of hydrogen-bond acceptors (Lipinski definition) is 1. The minimum Gasteiger partial charge on any atom is -0.346 e. The molecule has 0 aromatic rings. The van der Waals surface area contributed by atoms with E-state index in [1.54, 1.807) is 11.8 Å². The minimum atomic E-state index is 0.163. The molecule has 1 amide bonds. The molecule has 0 aliphatic rings. The van der Waals surface area contributed by atoms with Crippen molar-refractivity contribution < 1.29 is 4.79 Å². The van der Waals surface area contributed by atoms with Gasteiger partial charge in [0.15, 0.2) is 0 Å². The Kier molecular flexibility index (Phi) is 13.2. The third-order valence-electron chi connectivity index (χ3n) is 1.63.